The third-order valence-corrected chi connectivity index (χ3v) is 2.86. The number of halogens is 2. The zero-order valence-corrected chi connectivity index (χ0v) is 9.41. The highest BCUT2D eigenvalue weighted by Gasteiger charge is 2.41. The average molecular weight is 265 g/mol. The van der Waals surface area contributed by atoms with Crippen LogP contribution in [0.3, 0.4) is 0 Å². The van der Waals surface area contributed by atoms with Crippen molar-refractivity contribution in [2.24, 2.45) is 0 Å². The summed E-state index contributed by atoms with van der Waals surface area (Å²) < 4.78 is 19.8. The molecule has 0 radical (unpaired) electrons. The third-order valence-electron chi connectivity index (χ3n) is 2.59. The van der Waals surface area contributed by atoms with E-state index in [2.05, 4.69) is 0 Å². The van der Waals surface area contributed by atoms with Crippen molar-refractivity contribution >= 4 is 11.6 Å². The molecule has 1 aliphatic heterocycles. The first-order chi connectivity index (χ1) is 7.95. The number of aliphatic hydroxyl groups is 1. The second-order valence-corrected chi connectivity index (χ2v) is 4.33. The summed E-state index contributed by atoms with van der Waals surface area (Å²) in [7, 11) is 0. The van der Waals surface area contributed by atoms with Gasteiger partial charge in [0.05, 0.1) is 13.2 Å². The maximum Gasteiger partial charge on any atom is 0.330 e. The molecule has 94 valence electrons. The van der Waals surface area contributed by atoms with E-state index >= 15 is 0 Å². The maximum absolute atomic E-state index is 13.7. The van der Waals surface area contributed by atoms with Crippen LogP contribution in [0.25, 0.3) is 0 Å². The first-order valence-corrected chi connectivity index (χ1v) is 5.25. The Morgan fingerprint density at radius 2 is 2.41 bits per heavy atom. The molecule has 1 aromatic rings. The Bertz CT molecular complexity index is 543. The highest BCUT2D eigenvalue weighted by Crippen LogP contribution is 2.33. The van der Waals surface area contributed by atoms with E-state index in [1.54, 1.807) is 0 Å². The minimum absolute atomic E-state index is 0.175. The second-order valence-electron chi connectivity index (χ2n) is 3.92. The molecule has 1 aromatic heterocycles. The van der Waals surface area contributed by atoms with Crippen molar-refractivity contribution in [1.29, 1.82) is 0 Å². The van der Waals surface area contributed by atoms with Gasteiger partial charge in [-0.2, -0.15) is 0 Å². The molecule has 2 atom stereocenters. The summed E-state index contributed by atoms with van der Waals surface area (Å²) in [6.45, 7) is -0.993. The number of nitrogens with zero attached hydrogens (tertiary/aromatic N) is 1. The minimum Gasteiger partial charge on any atom is -0.393 e. The lowest BCUT2D eigenvalue weighted by Crippen LogP contribution is -2.33. The molecule has 6 nitrogen and oxygen atoms in total. The van der Waals surface area contributed by atoms with E-state index in [4.69, 9.17) is 21.4 Å². The van der Waals surface area contributed by atoms with E-state index in [-0.39, 0.29) is 18.1 Å². The van der Waals surface area contributed by atoms with Crippen LogP contribution in [0.15, 0.2) is 15.8 Å². The minimum atomic E-state index is -1.87. The smallest absolute Gasteiger partial charge is 0.330 e. The Kier molecular flexibility index (Phi) is 3.07. The number of hydrogen-bond acceptors (Lipinski definition) is 4. The number of hydrogen-bond donors (Lipinski definition) is 2. The van der Waals surface area contributed by atoms with Crippen molar-refractivity contribution < 1.29 is 14.2 Å². The van der Waals surface area contributed by atoms with Gasteiger partial charge in [0.1, 0.15) is 11.3 Å². The fourth-order valence-electron chi connectivity index (χ4n) is 1.64. The highest BCUT2D eigenvalue weighted by atomic mass is 35.5. The van der Waals surface area contributed by atoms with Crippen LogP contribution in [-0.4, -0.2) is 33.5 Å². The Labute approximate surface area is 99.6 Å². The lowest BCUT2D eigenvalue weighted by Gasteiger charge is -2.14. The molecule has 1 aliphatic rings. The van der Waals surface area contributed by atoms with E-state index in [9.17, 15) is 14.0 Å². The largest absolute Gasteiger partial charge is 0.393 e. The molecule has 2 heterocycles. The van der Waals surface area contributed by atoms with Crippen LogP contribution in [0.5, 0.6) is 0 Å². The van der Waals surface area contributed by atoms with Gasteiger partial charge < -0.3 is 9.84 Å². The molecule has 1 fully saturated rings. The molecule has 2 rings (SSSR count). The lowest BCUT2D eigenvalue weighted by molar-refractivity contribution is 0.0273. The molecular formula is C9H10ClFN2O4. The number of aromatic nitrogens is 2. The summed E-state index contributed by atoms with van der Waals surface area (Å²) in [6.07, 6.45) is 0.0384. The second kappa shape index (κ2) is 4.25. The van der Waals surface area contributed by atoms with Crippen LogP contribution < -0.4 is 11.2 Å². The topological polar surface area (TPSA) is 84.3 Å². The molecule has 1 saturated heterocycles. The fraction of sp³-hybridized carbons (Fsp3) is 0.556. The van der Waals surface area contributed by atoms with E-state index in [0.29, 0.717) is 0 Å². The molecule has 0 bridgehead atoms. The Balaban J connectivity index is 2.34. The fourth-order valence-corrected chi connectivity index (χ4v) is 1.79. The first-order valence-electron chi connectivity index (χ1n) is 4.87. The van der Waals surface area contributed by atoms with Crippen LogP contribution in [0.1, 0.15) is 12.6 Å². The number of ether oxygens (including phenoxy) is 1. The first kappa shape index (κ1) is 12.3. The Hall–Kier alpha value is -1.18. The summed E-state index contributed by atoms with van der Waals surface area (Å²) in [4.78, 5) is 24.5. The zero-order valence-electron chi connectivity index (χ0n) is 8.65. The van der Waals surface area contributed by atoms with Crippen LogP contribution in [0.2, 0.25) is 5.02 Å². The summed E-state index contributed by atoms with van der Waals surface area (Å²) in [5, 5.41) is 8.65. The molecule has 2 N–H and O–H groups in total. The van der Waals surface area contributed by atoms with Crippen molar-refractivity contribution in [3.8, 4) is 0 Å². The molecule has 0 aliphatic carbocycles. The highest BCUT2D eigenvalue weighted by molar-refractivity contribution is 6.30. The van der Waals surface area contributed by atoms with Gasteiger partial charge in [-0.25, -0.2) is 9.18 Å². The number of aromatic amines is 1. The zero-order chi connectivity index (χ0) is 12.6. The number of alkyl halides is 1. The summed E-state index contributed by atoms with van der Waals surface area (Å²) in [5.74, 6) is 0. The van der Waals surface area contributed by atoms with Crippen molar-refractivity contribution in [3.05, 3.63) is 32.1 Å². The Morgan fingerprint density at radius 3 is 3.00 bits per heavy atom. The van der Waals surface area contributed by atoms with Gasteiger partial charge in [0.25, 0.3) is 5.56 Å². The number of aliphatic hydroxyl groups excluding tert-OH is 1. The van der Waals surface area contributed by atoms with E-state index in [1.807, 2.05) is 4.98 Å². The Morgan fingerprint density at radius 1 is 1.71 bits per heavy atom. The number of rotatable bonds is 2. The molecule has 8 heteroatoms. The van der Waals surface area contributed by atoms with Gasteiger partial charge in [0.2, 0.25) is 0 Å². The molecule has 0 amide bonds. The standard InChI is InChI=1S/C9H10ClFN2O4/c10-5-2-13(8(16)12-7(5)15)6-1-9(11,3-14)4-17-6/h2,6,14H,1,3-4H2,(H,12,15,16). The maximum atomic E-state index is 13.7. The molecular weight excluding hydrogens is 255 g/mol. The van der Waals surface area contributed by atoms with Crippen molar-refractivity contribution in [2.75, 3.05) is 13.2 Å². The summed E-state index contributed by atoms with van der Waals surface area (Å²) >= 11 is 5.57. The third kappa shape index (κ3) is 2.26. The van der Waals surface area contributed by atoms with E-state index < -0.39 is 29.8 Å². The molecule has 0 aromatic carbocycles. The van der Waals surface area contributed by atoms with Gasteiger partial charge >= 0.3 is 5.69 Å². The molecule has 0 spiro atoms. The monoisotopic (exact) mass is 264 g/mol. The molecule has 17 heavy (non-hydrogen) atoms. The van der Waals surface area contributed by atoms with Gasteiger partial charge in [-0.15, -0.1) is 0 Å². The normalized spacial score (nSPS) is 28.5. The van der Waals surface area contributed by atoms with Gasteiger partial charge in [0.15, 0.2) is 5.67 Å². The average Bonchev–Trinajstić information content (AvgIpc) is 2.67. The van der Waals surface area contributed by atoms with E-state index in [1.165, 1.54) is 0 Å². The van der Waals surface area contributed by atoms with Crippen LogP contribution in [-0.2, 0) is 4.74 Å². The quantitative estimate of drug-likeness (QED) is 0.775. The predicted octanol–water partition coefficient (Wildman–Crippen LogP) is -0.190. The van der Waals surface area contributed by atoms with Crippen molar-refractivity contribution in [2.45, 2.75) is 18.3 Å². The van der Waals surface area contributed by atoms with Crippen molar-refractivity contribution in [3.63, 3.8) is 0 Å². The van der Waals surface area contributed by atoms with Gasteiger partial charge in [-0.1, -0.05) is 11.6 Å². The van der Waals surface area contributed by atoms with Gasteiger partial charge in [-0.3, -0.25) is 14.3 Å². The van der Waals surface area contributed by atoms with Gasteiger partial charge in [-0.05, 0) is 0 Å². The van der Waals surface area contributed by atoms with Crippen LogP contribution in [0.4, 0.5) is 4.39 Å². The summed E-state index contributed by atoms with van der Waals surface area (Å²) in [5.41, 5.74) is -3.31. The number of H-pyrrole nitrogens is 1. The number of nitrogens with one attached hydrogen (secondary N) is 1. The predicted molar refractivity (Wildman–Crippen MR) is 56.9 cm³/mol. The molecule has 0 saturated carbocycles. The van der Waals surface area contributed by atoms with Crippen LogP contribution in [0, 0.1) is 0 Å². The van der Waals surface area contributed by atoms with Gasteiger partial charge in [0, 0.05) is 12.6 Å². The summed E-state index contributed by atoms with van der Waals surface area (Å²) in [6, 6.07) is 0. The lowest BCUT2D eigenvalue weighted by atomic mass is 10.1. The van der Waals surface area contributed by atoms with Crippen LogP contribution >= 0.6 is 11.6 Å². The van der Waals surface area contributed by atoms with E-state index in [0.717, 1.165) is 10.8 Å². The molecule has 2 unspecified atom stereocenters. The van der Waals surface area contributed by atoms with Crippen molar-refractivity contribution in [1.82, 2.24) is 9.55 Å². The SMILES string of the molecule is O=c1[nH]c(=O)n(C2CC(F)(CO)CO2)cc1Cl.